The molecular formula is C22H32N4O2. The summed E-state index contributed by atoms with van der Waals surface area (Å²) in [6.45, 7) is 12.0. The van der Waals surface area contributed by atoms with Crippen molar-refractivity contribution in [2.45, 2.75) is 26.8 Å². The lowest BCUT2D eigenvalue weighted by Gasteiger charge is -2.25. The number of carbonyl (C=O) groups is 1. The molecule has 6 nitrogen and oxygen atoms in total. The molecule has 152 valence electrons. The number of ketones is 1. The molecule has 6 heteroatoms. The van der Waals surface area contributed by atoms with Gasteiger partial charge in [0.2, 0.25) is 0 Å². The number of fused-ring (bicyclic) bond motifs is 1. The number of ether oxygens (including phenoxy) is 1. The Hall–Kier alpha value is -1.94. The Labute approximate surface area is 168 Å². The minimum Gasteiger partial charge on any atom is -0.492 e. The Morgan fingerprint density at radius 3 is 2.29 bits per heavy atom. The summed E-state index contributed by atoms with van der Waals surface area (Å²) in [5, 5.41) is 8.83. The predicted octanol–water partition coefficient (Wildman–Crippen LogP) is 1.74. The van der Waals surface area contributed by atoms with Gasteiger partial charge in [0.05, 0.1) is 24.2 Å². The Morgan fingerprint density at radius 2 is 1.75 bits per heavy atom. The predicted molar refractivity (Wildman–Crippen MR) is 109 cm³/mol. The Bertz CT molecular complexity index is 706. The van der Waals surface area contributed by atoms with E-state index in [0.717, 1.165) is 38.5 Å². The first-order chi connectivity index (χ1) is 13.2. The van der Waals surface area contributed by atoms with Gasteiger partial charge in [-0.15, -0.1) is 0 Å². The Kier molecular flexibility index (Phi) is 6.39. The number of nitrogens with two attached hydrogens (primary N) is 1. The van der Waals surface area contributed by atoms with Gasteiger partial charge in [0, 0.05) is 38.1 Å². The number of carbonyl (C=O) groups excluding carboxylic acids is 1. The molecule has 0 aliphatic carbocycles. The lowest BCUT2D eigenvalue weighted by molar-refractivity contribution is -0.127. The average molecular weight is 385 g/mol. The van der Waals surface area contributed by atoms with Crippen LogP contribution in [0.5, 0.6) is 5.75 Å². The van der Waals surface area contributed by atoms with Crippen LogP contribution in [0.2, 0.25) is 0 Å². The molecule has 0 aromatic heterocycles. The topological polar surface area (TPSA) is 82.6 Å². The SMILES string of the molecule is CC(C)(C)C(=O)CN1CC2CN(C[C@H](N)COc3ccc(C#N)cc3)CC2C1. The second kappa shape index (κ2) is 8.60. The van der Waals surface area contributed by atoms with Crippen molar-refractivity contribution in [3.8, 4) is 11.8 Å². The van der Waals surface area contributed by atoms with Gasteiger partial charge in [-0.05, 0) is 36.1 Å². The van der Waals surface area contributed by atoms with Crippen LogP contribution in [0.25, 0.3) is 0 Å². The molecule has 0 amide bonds. The van der Waals surface area contributed by atoms with Crippen LogP contribution < -0.4 is 10.5 Å². The smallest absolute Gasteiger partial charge is 0.152 e. The number of hydrogen-bond donors (Lipinski definition) is 1. The molecule has 2 saturated heterocycles. The summed E-state index contributed by atoms with van der Waals surface area (Å²) >= 11 is 0. The molecule has 1 aromatic carbocycles. The van der Waals surface area contributed by atoms with Gasteiger partial charge in [0.15, 0.2) is 5.78 Å². The van der Waals surface area contributed by atoms with E-state index in [9.17, 15) is 4.79 Å². The highest BCUT2D eigenvalue weighted by molar-refractivity contribution is 5.85. The zero-order valence-electron chi connectivity index (χ0n) is 17.2. The van der Waals surface area contributed by atoms with Gasteiger partial charge in [-0.3, -0.25) is 9.69 Å². The largest absolute Gasteiger partial charge is 0.492 e. The van der Waals surface area contributed by atoms with E-state index in [1.54, 1.807) is 24.3 Å². The van der Waals surface area contributed by atoms with Crippen molar-refractivity contribution in [3.05, 3.63) is 29.8 Å². The second-order valence-corrected chi connectivity index (χ2v) is 9.31. The summed E-state index contributed by atoms with van der Waals surface area (Å²) in [7, 11) is 0. The summed E-state index contributed by atoms with van der Waals surface area (Å²) < 4.78 is 5.76. The van der Waals surface area contributed by atoms with E-state index >= 15 is 0 Å². The van der Waals surface area contributed by atoms with Gasteiger partial charge in [-0.1, -0.05) is 20.8 Å². The van der Waals surface area contributed by atoms with Crippen molar-refractivity contribution in [2.24, 2.45) is 23.0 Å². The van der Waals surface area contributed by atoms with Crippen LogP contribution in [0.1, 0.15) is 26.3 Å². The molecule has 0 radical (unpaired) electrons. The van der Waals surface area contributed by atoms with Crippen molar-refractivity contribution < 1.29 is 9.53 Å². The maximum absolute atomic E-state index is 12.3. The maximum Gasteiger partial charge on any atom is 0.152 e. The van der Waals surface area contributed by atoms with Crippen LogP contribution in [0.15, 0.2) is 24.3 Å². The van der Waals surface area contributed by atoms with Crippen LogP contribution in [0.4, 0.5) is 0 Å². The Balaban J connectivity index is 1.39. The highest BCUT2D eigenvalue weighted by atomic mass is 16.5. The zero-order valence-corrected chi connectivity index (χ0v) is 17.2. The van der Waals surface area contributed by atoms with E-state index in [1.807, 2.05) is 20.8 Å². The first-order valence-corrected chi connectivity index (χ1v) is 10.1. The lowest BCUT2D eigenvalue weighted by atomic mass is 9.90. The third-order valence-corrected chi connectivity index (χ3v) is 5.78. The molecule has 28 heavy (non-hydrogen) atoms. The molecule has 2 aliphatic rings. The van der Waals surface area contributed by atoms with Crippen LogP contribution in [-0.2, 0) is 4.79 Å². The molecular weight excluding hydrogens is 352 g/mol. The van der Waals surface area contributed by atoms with E-state index in [2.05, 4.69) is 15.9 Å². The third-order valence-electron chi connectivity index (χ3n) is 5.78. The van der Waals surface area contributed by atoms with Crippen molar-refractivity contribution in [3.63, 3.8) is 0 Å². The third kappa shape index (κ3) is 5.32. The second-order valence-electron chi connectivity index (χ2n) is 9.31. The van der Waals surface area contributed by atoms with E-state index in [1.165, 1.54) is 0 Å². The highest BCUT2D eigenvalue weighted by Crippen LogP contribution is 2.31. The van der Waals surface area contributed by atoms with Crippen molar-refractivity contribution in [2.75, 3.05) is 45.9 Å². The number of benzene rings is 1. The summed E-state index contributed by atoms with van der Waals surface area (Å²) in [6.07, 6.45) is 0. The van der Waals surface area contributed by atoms with Gasteiger partial charge >= 0.3 is 0 Å². The standard InChI is InChI=1S/C22H32N4O2/c1-22(2,3)21(27)14-26-11-17-9-25(10-18(17)12-26)13-19(24)15-28-20-6-4-16(8-23)5-7-20/h4-7,17-19H,9-15,24H2,1-3H3/t17?,18?,19-/m0/s1. The van der Waals surface area contributed by atoms with Gasteiger partial charge < -0.3 is 15.4 Å². The van der Waals surface area contributed by atoms with Gasteiger partial charge in [-0.25, -0.2) is 0 Å². The number of nitrogens with zero attached hydrogens (tertiary/aromatic N) is 3. The molecule has 0 spiro atoms. The number of Topliss-reactive ketones (excluding diaryl/α,β-unsaturated/α-hetero) is 1. The number of likely N-dealkylation sites (tertiary alicyclic amines) is 2. The minimum atomic E-state index is -0.258. The normalized spacial score (nSPS) is 24.0. The van der Waals surface area contributed by atoms with Crippen molar-refractivity contribution in [1.82, 2.24) is 9.80 Å². The first kappa shape index (κ1) is 20.8. The number of rotatable bonds is 7. The van der Waals surface area contributed by atoms with Gasteiger partial charge in [0.1, 0.15) is 12.4 Å². The molecule has 1 aromatic rings. The molecule has 0 bridgehead atoms. The molecule has 2 N–H and O–H groups in total. The van der Waals surface area contributed by atoms with E-state index in [-0.39, 0.29) is 11.5 Å². The molecule has 2 aliphatic heterocycles. The average Bonchev–Trinajstić information content (AvgIpc) is 3.17. The lowest BCUT2D eigenvalue weighted by Crippen LogP contribution is -2.42. The maximum atomic E-state index is 12.3. The summed E-state index contributed by atoms with van der Waals surface area (Å²) in [6, 6.07) is 9.16. The zero-order chi connectivity index (χ0) is 20.3. The fourth-order valence-electron chi connectivity index (χ4n) is 4.12. The fourth-order valence-corrected chi connectivity index (χ4v) is 4.12. The number of hydrogen-bond acceptors (Lipinski definition) is 6. The highest BCUT2D eigenvalue weighted by Gasteiger charge is 2.41. The fraction of sp³-hybridized carbons (Fsp3) is 0.636. The van der Waals surface area contributed by atoms with Crippen LogP contribution in [-0.4, -0.2) is 67.5 Å². The first-order valence-electron chi connectivity index (χ1n) is 10.1. The Morgan fingerprint density at radius 1 is 1.18 bits per heavy atom. The van der Waals surface area contributed by atoms with Gasteiger partial charge in [0.25, 0.3) is 0 Å². The van der Waals surface area contributed by atoms with Gasteiger partial charge in [-0.2, -0.15) is 5.26 Å². The molecule has 0 saturated carbocycles. The van der Waals surface area contributed by atoms with Crippen LogP contribution in [0.3, 0.4) is 0 Å². The summed E-state index contributed by atoms with van der Waals surface area (Å²) in [4.78, 5) is 17.0. The van der Waals surface area contributed by atoms with E-state index < -0.39 is 0 Å². The van der Waals surface area contributed by atoms with Crippen molar-refractivity contribution >= 4 is 5.78 Å². The molecule has 2 unspecified atom stereocenters. The summed E-state index contributed by atoms with van der Waals surface area (Å²) in [5.41, 5.74) is 6.64. The van der Waals surface area contributed by atoms with E-state index in [0.29, 0.717) is 36.3 Å². The van der Waals surface area contributed by atoms with Crippen molar-refractivity contribution in [1.29, 1.82) is 5.26 Å². The molecule has 2 heterocycles. The molecule has 3 atom stereocenters. The van der Waals surface area contributed by atoms with Crippen LogP contribution in [0, 0.1) is 28.6 Å². The molecule has 2 fully saturated rings. The minimum absolute atomic E-state index is 0.0481. The monoisotopic (exact) mass is 384 g/mol. The molecule has 3 rings (SSSR count). The van der Waals surface area contributed by atoms with E-state index in [4.69, 9.17) is 15.7 Å². The quantitative estimate of drug-likeness (QED) is 0.771. The van der Waals surface area contributed by atoms with Crippen LogP contribution >= 0.6 is 0 Å². The summed E-state index contributed by atoms with van der Waals surface area (Å²) in [5.74, 6) is 2.34. The number of nitriles is 1.